The smallest absolute Gasteiger partial charge is 0.239 e. The maximum atomic E-state index is 5.95. The molecular formula is C12H8Cl3NO2. The molecule has 0 aliphatic heterocycles. The van der Waals surface area contributed by atoms with E-state index >= 15 is 0 Å². The van der Waals surface area contributed by atoms with Crippen molar-refractivity contribution < 1.29 is 9.47 Å². The molecule has 0 aliphatic carbocycles. The van der Waals surface area contributed by atoms with Crippen molar-refractivity contribution in [3.63, 3.8) is 0 Å². The number of methoxy groups -OCH3 is 1. The second kappa shape index (κ2) is 5.65. The van der Waals surface area contributed by atoms with Gasteiger partial charge in [0.25, 0.3) is 0 Å². The summed E-state index contributed by atoms with van der Waals surface area (Å²) in [6, 6.07) is 8.48. The van der Waals surface area contributed by atoms with Crippen LogP contribution < -0.4 is 9.47 Å². The van der Waals surface area contributed by atoms with Gasteiger partial charge < -0.3 is 9.47 Å². The topological polar surface area (TPSA) is 31.4 Å². The van der Waals surface area contributed by atoms with E-state index < -0.39 is 0 Å². The van der Waals surface area contributed by atoms with Crippen molar-refractivity contribution in [3.8, 4) is 17.4 Å². The fraction of sp³-hybridized carbons (Fsp3) is 0.0833. The predicted molar refractivity (Wildman–Crippen MR) is 72.3 cm³/mol. The molecule has 6 heteroatoms. The molecule has 0 saturated carbocycles. The zero-order chi connectivity index (χ0) is 13.1. The highest BCUT2D eigenvalue weighted by molar-refractivity contribution is 6.42. The molecule has 2 aromatic rings. The van der Waals surface area contributed by atoms with Crippen molar-refractivity contribution in [2.24, 2.45) is 0 Å². The Kier molecular flexibility index (Phi) is 4.17. The van der Waals surface area contributed by atoms with Gasteiger partial charge >= 0.3 is 0 Å². The van der Waals surface area contributed by atoms with Gasteiger partial charge in [-0.15, -0.1) is 0 Å². The Hall–Kier alpha value is -1.16. The number of halogens is 3. The SMILES string of the molecule is COc1ccc(Oc2nc(Cl)c(Cl)cc2Cl)cc1. The van der Waals surface area contributed by atoms with Gasteiger partial charge in [-0.2, -0.15) is 4.98 Å². The largest absolute Gasteiger partial charge is 0.497 e. The maximum Gasteiger partial charge on any atom is 0.239 e. The highest BCUT2D eigenvalue weighted by Crippen LogP contribution is 2.33. The van der Waals surface area contributed by atoms with Gasteiger partial charge in [0.2, 0.25) is 5.88 Å². The first kappa shape index (κ1) is 13.3. The van der Waals surface area contributed by atoms with E-state index in [9.17, 15) is 0 Å². The lowest BCUT2D eigenvalue weighted by atomic mass is 10.3. The number of benzene rings is 1. The molecule has 0 fully saturated rings. The van der Waals surface area contributed by atoms with Crippen LogP contribution in [-0.4, -0.2) is 12.1 Å². The van der Waals surface area contributed by atoms with E-state index in [1.165, 1.54) is 6.07 Å². The zero-order valence-electron chi connectivity index (χ0n) is 9.28. The van der Waals surface area contributed by atoms with Crippen LogP contribution in [0.1, 0.15) is 0 Å². The van der Waals surface area contributed by atoms with Crippen molar-refractivity contribution >= 4 is 34.8 Å². The number of aromatic nitrogens is 1. The number of rotatable bonds is 3. The van der Waals surface area contributed by atoms with Gasteiger partial charge in [-0.25, -0.2) is 0 Å². The maximum absolute atomic E-state index is 5.95. The first-order chi connectivity index (χ1) is 8.60. The molecule has 3 nitrogen and oxygen atoms in total. The summed E-state index contributed by atoms with van der Waals surface area (Å²) >= 11 is 17.5. The third kappa shape index (κ3) is 2.99. The van der Waals surface area contributed by atoms with Crippen LogP contribution in [-0.2, 0) is 0 Å². The molecule has 0 N–H and O–H groups in total. The quantitative estimate of drug-likeness (QED) is 0.760. The number of hydrogen-bond acceptors (Lipinski definition) is 3. The first-order valence-corrected chi connectivity index (χ1v) is 6.07. The fourth-order valence-corrected chi connectivity index (χ4v) is 1.78. The molecule has 1 aromatic heterocycles. The standard InChI is InChI=1S/C12H8Cl3NO2/c1-17-7-2-4-8(5-3-7)18-12-10(14)6-9(13)11(15)16-12/h2-6H,1H3. The minimum Gasteiger partial charge on any atom is -0.497 e. The second-order valence-electron chi connectivity index (χ2n) is 3.33. The van der Waals surface area contributed by atoms with Crippen molar-refractivity contribution in [2.75, 3.05) is 7.11 Å². The first-order valence-electron chi connectivity index (χ1n) is 4.93. The number of ether oxygens (including phenoxy) is 2. The Balaban J connectivity index is 2.25. The molecule has 0 aliphatic rings. The van der Waals surface area contributed by atoms with Gasteiger partial charge in [0.05, 0.1) is 12.1 Å². The lowest BCUT2D eigenvalue weighted by Crippen LogP contribution is -1.90. The highest BCUT2D eigenvalue weighted by Gasteiger charge is 2.10. The molecule has 1 aromatic carbocycles. The summed E-state index contributed by atoms with van der Waals surface area (Å²) in [5, 5.41) is 0.716. The molecule has 0 unspecified atom stereocenters. The van der Waals surface area contributed by atoms with E-state index in [1.807, 2.05) is 0 Å². The van der Waals surface area contributed by atoms with Gasteiger partial charge in [0, 0.05) is 0 Å². The summed E-state index contributed by atoms with van der Waals surface area (Å²) in [5.41, 5.74) is 0. The summed E-state index contributed by atoms with van der Waals surface area (Å²) in [7, 11) is 1.59. The minimum atomic E-state index is 0.143. The average molecular weight is 305 g/mol. The Morgan fingerprint density at radius 1 is 0.944 bits per heavy atom. The monoisotopic (exact) mass is 303 g/mol. The van der Waals surface area contributed by atoms with Crippen LogP contribution in [0.15, 0.2) is 30.3 Å². The highest BCUT2D eigenvalue weighted by atomic mass is 35.5. The third-order valence-electron chi connectivity index (χ3n) is 2.13. The molecule has 0 atom stereocenters. The molecule has 0 amide bonds. The van der Waals surface area contributed by atoms with Crippen LogP contribution in [0.3, 0.4) is 0 Å². The zero-order valence-corrected chi connectivity index (χ0v) is 11.6. The average Bonchev–Trinajstić information content (AvgIpc) is 2.37. The number of nitrogens with zero attached hydrogens (tertiary/aromatic N) is 1. The molecule has 0 spiro atoms. The number of pyridine rings is 1. The van der Waals surface area contributed by atoms with Crippen LogP contribution in [0.25, 0.3) is 0 Å². The van der Waals surface area contributed by atoms with Crippen LogP contribution in [0, 0.1) is 0 Å². The molecular weight excluding hydrogens is 296 g/mol. The summed E-state index contributed by atoms with van der Waals surface area (Å²) in [4.78, 5) is 3.96. The van der Waals surface area contributed by atoms with E-state index in [1.54, 1.807) is 31.4 Å². The third-order valence-corrected chi connectivity index (χ3v) is 3.07. The van der Waals surface area contributed by atoms with E-state index in [2.05, 4.69) is 4.98 Å². The Bertz CT molecular complexity index is 558. The van der Waals surface area contributed by atoms with Gasteiger partial charge in [-0.3, -0.25) is 0 Å². The van der Waals surface area contributed by atoms with Gasteiger partial charge in [-0.05, 0) is 30.3 Å². The lowest BCUT2D eigenvalue weighted by molar-refractivity contribution is 0.412. The normalized spacial score (nSPS) is 10.2. The molecule has 0 saturated heterocycles. The summed E-state index contributed by atoms with van der Waals surface area (Å²) in [6.07, 6.45) is 0. The lowest BCUT2D eigenvalue weighted by Gasteiger charge is -2.08. The van der Waals surface area contributed by atoms with Crippen LogP contribution >= 0.6 is 34.8 Å². The minimum absolute atomic E-state index is 0.143. The van der Waals surface area contributed by atoms with E-state index in [4.69, 9.17) is 44.3 Å². The Labute approximate surface area is 119 Å². The molecule has 0 radical (unpaired) electrons. The summed E-state index contributed by atoms with van der Waals surface area (Å²) < 4.78 is 10.5. The van der Waals surface area contributed by atoms with Crippen molar-refractivity contribution in [1.82, 2.24) is 4.98 Å². The predicted octanol–water partition coefficient (Wildman–Crippen LogP) is 4.84. The van der Waals surface area contributed by atoms with Crippen molar-refractivity contribution in [3.05, 3.63) is 45.5 Å². The Morgan fingerprint density at radius 2 is 1.56 bits per heavy atom. The fourth-order valence-electron chi connectivity index (χ4n) is 1.26. The summed E-state index contributed by atoms with van der Waals surface area (Å²) in [6.45, 7) is 0. The Morgan fingerprint density at radius 3 is 2.17 bits per heavy atom. The molecule has 94 valence electrons. The molecule has 1 heterocycles. The van der Waals surface area contributed by atoms with Crippen molar-refractivity contribution in [2.45, 2.75) is 0 Å². The van der Waals surface area contributed by atoms with Crippen molar-refractivity contribution in [1.29, 1.82) is 0 Å². The van der Waals surface area contributed by atoms with Crippen LogP contribution in [0.5, 0.6) is 17.4 Å². The van der Waals surface area contributed by atoms with E-state index in [0.717, 1.165) is 5.75 Å². The summed E-state index contributed by atoms with van der Waals surface area (Å²) in [5.74, 6) is 1.51. The molecule has 2 rings (SSSR count). The molecule has 0 bridgehead atoms. The van der Waals surface area contributed by atoms with Gasteiger partial charge in [-0.1, -0.05) is 34.8 Å². The van der Waals surface area contributed by atoms with Crippen LogP contribution in [0.4, 0.5) is 0 Å². The molecule has 18 heavy (non-hydrogen) atoms. The number of hydrogen-bond donors (Lipinski definition) is 0. The van der Waals surface area contributed by atoms with E-state index in [0.29, 0.717) is 10.8 Å². The second-order valence-corrected chi connectivity index (χ2v) is 4.50. The van der Waals surface area contributed by atoms with Gasteiger partial charge in [0.1, 0.15) is 16.5 Å². The van der Waals surface area contributed by atoms with Gasteiger partial charge in [0.15, 0.2) is 5.15 Å². The van der Waals surface area contributed by atoms with E-state index in [-0.39, 0.29) is 16.1 Å². The van der Waals surface area contributed by atoms with Crippen LogP contribution in [0.2, 0.25) is 15.2 Å².